The van der Waals surface area contributed by atoms with Crippen molar-refractivity contribution in [2.24, 2.45) is 0 Å². The first-order valence-electron chi connectivity index (χ1n) is 12.5. The summed E-state index contributed by atoms with van der Waals surface area (Å²) >= 11 is 12.5. The van der Waals surface area contributed by atoms with E-state index < -0.39 is 44.8 Å². The Kier molecular flexibility index (Phi) is 7.74. The number of hydrogen-bond acceptors (Lipinski definition) is 9. The molecule has 1 N–H and O–H groups in total. The minimum atomic E-state index is -3.95. The molecule has 3 aromatic rings. The van der Waals surface area contributed by atoms with Crippen LogP contribution in [-0.2, 0) is 16.4 Å². The van der Waals surface area contributed by atoms with Crippen molar-refractivity contribution in [3.63, 3.8) is 0 Å². The molecule has 0 spiro atoms. The van der Waals surface area contributed by atoms with Crippen molar-refractivity contribution in [2.45, 2.75) is 30.5 Å². The van der Waals surface area contributed by atoms with E-state index >= 15 is 0 Å². The van der Waals surface area contributed by atoms with Gasteiger partial charge in [0.2, 0.25) is 5.75 Å². The molecule has 2 aromatic heterocycles. The fourth-order valence-electron chi connectivity index (χ4n) is 5.05. The van der Waals surface area contributed by atoms with Gasteiger partial charge < -0.3 is 19.5 Å². The Balaban J connectivity index is 1.43. The first-order valence-corrected chi connectivity index (χ1v) is 14.9. The van der Waals surface area contributed by atoms with Gasteiger partial charge in [-0.1, -0.05) is 29.3 Å². The van der Waals surface area contributed by atoms with Crippen LogP contribution in [0.3, 0.4) is 0 Å². The van der Waals surface area contributed by atoms with Gasteiger partial charge in [-0.3, -0.25) is 14.4 Å². The van der Waals surface area contributed by atoms with E-state index in [0.717, 1.165) is 6.07 Å². The predicted molar refractivity (Wildman–Crippen MR) is 147 cm³/mol. The zero-order chi connectivity index (χ0) is 29.5. The van der Waals surface area contributed by atoms with Gasteiger partial charge in [0.1, 0.15) is 5.82 Å². The Labute approximate surface area is 244 Å². The molecule has 1 saturated heterocycles. The molecular formula is C26H22Cl2N6O6S. The molecule has 0 aliphatic carbocycles. The summed E-state index contributed by atoms with van der Waals surface area (Å²) in [6, 6.07) is 8.38. The molecule has 5 rings (SSSR count). The number of carbonyl (C=O) groups excluding carboxylic acids is 2. The van der Waals surface area contributed by atoms with Crippen LogP contribution in [0.2, 0.25) is 10.0 Å². The van der Waals surface area contributed by atoms with Crippen LogP contribution in [0.5, 0.6) is 5.75 Å². The lowest BCUT2D eigenvalue weighted by Crippen LogP contribution is -2.46. The van der Waals surface area contributed by atoms with Gasteiger partial charge in [-0.25, -0.2) is 13.4 Å². The number of hydrogen-bond donors (Lipinski definition) is 1. The average molecular weight is 617 g/mol. The quantitative estimate of drug-likeness (QED) is 0.437. The molecule has 2 aliphatic heterocycles. The maximum absolute atomic E-state index is 13.5. The monoisotopic (exact) mass is 616 g/mol. The molecule has 2 amide bonds. The predicted octanol–water partition coefficient (Wildman–Crippen LogP) is 2.43. The first-order chi connectivity index (χ1) is 19.5. The summed E-state index contributed by atoms with van der Waals surface area (Å²) in [6.45, 7) is 0.228. The molecular weight excluding hydrogens is 595 g/mol. The fourth-order valence-corrected chi connectivity index (χ4v) is 6.81. The van der Waals surface area contributed by atoms with Gasteiger partial charge in [0.15, 0.2) is 20.6 Å². The van der Waals surface area contributed by atoms with Gasteiger partial charge >= 0.3 is 5.56 Å². The van der Waals surface area contributed by atoms with E-state index in [-0.39, 0.29) is 57.4 Å². The summed E-state index contributed by atoms with van der Waals surface area (Å²) in [5.74, 6) is -2.43. The molecule has 0 saturated carbocycles. The number of nitriles is 1. The highest BCUT2D eigenvalue weighted by Gasteiger charge is 2.39. The van der Waals surface area contributed by atoms with Crippen LogP contribution in [0.4, 0.5) is 0 Å². The molecule has 0 bridgehead atoms. The molecule has 1 aromatic carbocycles. The Hall–Kier alpha value is -3.99. The van der Waals surface area contributed by atoms with Crippen molar-refractivity contribution in [2.75, 3.05) is 25.4 Å². The Morgan fingerprint density at radius 3 is 2.59 bits per heavy atom. The zero-order valence-electron chi connectivity index (χ0n) is 21.3. The minimum Gasteiger partial charge on any atom is -0.501 e. The summed E-state index contributed by atoms with van der Waals surface area (Å²) in [6.07, 6.45) is 2.24. The molecule has 2 aliphatic rings. The van der Waals surface area contributed by atoms with Crippen LogP contribution < -0.4 is 5.56 Å². The van der Waals surface area contributed by atoms with Gasteiger partial charge in [0, 0.05) is 32.4 Å². The van der Waals surface area contributed by atoms with E-state index in [2.05, 4.69) is 9.97 Å². The van der Waals surface area contributed by atoms with Gasteiger partial charge in [-0.2, -0.15) is 10.2 Å². The molecule has 0 unspecified atom stereocenters. The SMILES string of the molecule is N#Cc1ccnc(S(=O)(=O)CCN2CCn3c([C@@H]4CCCN4C(=O)c4c(Cl)cccc4Cl)nc(=O)c(O)c3C2=O)c1. The minimum absolute atomic E-state index is 0.0566. The average Bonchev–Trinajstić information content (AvgIpc) is 3.44. The van der Waals surface area contributed by atoms with Crippen LogP contribution >= 0.6 is 23.2 Å². The van der Waals surface area contributed by atoms with Crippen molar-refractivity contribution < 1.29 is 23.1 Å². The van der Waals surface area contributed by atoms with Gasteiger partial charge in [-0.05, 0) is 37.1 Å². The fraction of sp³-hybridized carbons (Fsp3) is 0.308. The van der Waals surface area contributed by atoms with Gasteiger partial charge in [-0.15, -0.1) is 0 Å². The van der Waals surface area contributed by atoms with Crippen LogP contribution in [0.25, 0.3) is 0 Å². The van der Waals surface area contributed by atoms with E-state index in [1.54, 1.807) is 18.2 Å². The highest BCUT2D eigenvalue weighted by atomic mass is 35.5. The lowest BCUT2D eigenvalue weighted by atomic mass is 10.1. The maximum Gasteiger partial charge on any atom is 0.315 e. The Bertz CT molecular complexity index is 1770. The highest BCUT2D eigenvalue weighted by Crippen LogP contribution is 2.36. The van der Waals surface area contributed by atoms with Crippen molar-refractivity contribution in [1.82, 2.24) is 24.3 Å². The number of benzene rings is 1. The van der Waals surface area contributed by atoms with E-state index in [1.165, 1.54) is 26.6 Å². The largest absolute Gasteiger partial charge is 0.501 e. The van der Waals surface area contributed by atoms with E-state index in [1.807, 2.05) is 6.07 Å². The van der Waals surface area contributed by atoms with Crippen molar-refractivity contribution >= 4 is 44.9 Å². The number of carbonyl (C=O) groups is 2. The number of aromatic hydroxyl groups is 1. The van der Waals surface area contributed by atoms with E-state index in [9.17, 15) is 27.9 Å². The van der Waals surface area contributed by atoms with Crippen LogP contribution in [0, 0.1) is 11.3 Å². The number of amides is 2. The molecule has 0 radical (unpaired) electrons. The molecule has 15 heteroatoms. The number of aromatic nitrogens is 3. The van der Waals surface area contributed by atoms with Crippen molar-refractivity contribution in [3.8, 4) is 11.8 Å². The third kappa shape index (κ3) is 5.26. The second-order valence-corrected chi connectivity index (χ2v) is 12.4. The highest BCUT2D eigenvalue weighted by molar-refractivity contribution is 7.91. The third-order valence-corrected chi connectivity index (χ3v) is 9.28. The third-order valence-electron chi connectivity index (χ3n) is 7.07. The summed E-state index contributed by atoms with van der Waals surface area (Å²) in [5.41, 5.74) is -1.13. The van der Waals surface area contributed by atoms with Gasteiger partial charge in [0.25, 0.3) is 11.8 Å². The number of likely N-dealkylation sites (tertiary alicyclic amines) is 1. The van der Waals surface area contributed by atoms with Crippen LogP contribution in [0.1, 0.15) is 51.1 Å². The first kappa shape index (κ1) is 28.5. The van der Waals surface area contributed by atoms with Crippen LogP contribution in [0.15, 0.2) is 46.3 Å². The standard InChI is InChI=1S/C26H22Cl2N6O6S/c27-16-3-1-4-17(28)20(16)25(37)33-8-2-5-18(33)23-31-24(36)22(35)21-26(38)32(9-10-34(21)23)11-12-41(39,40)19-13-15(14-29)6-7-30-19/h1,3-4,6-7,13,18,35H,2,5,8-12H2/t18-/m0/s1. The number of sulfone groups is 1. The second kappa shape index (κ2) is 11.1. The Morgan fingerprint density at radius 2 is 1.88 bits per heavy atom. The molecule has 1 atom stereocenters. The lowest BCUT2D eigenvalue weighted by Gasteiger charge is -2.34. The van der Waals surface area contributed by atoms with Crippen molar-refractivity contribution in [3.05, 3.63) is 79.6 Å². The smallest absolute Gasteiger partial charge is 0.315 e. The normalized spacial score (nSPS) is 16.9. The molecule has 212 valence electrons. The zero-order valence-corrected chi connectivity index (χ0v) is 23.7. The summed E-state index contributed by atoms with van der Waals surface area (Å²) < 4.78 is 27.1. The second-order valence-electron chi connectivity index (χ2n) is 9.48. The topological polar surface area (TPSA) is 167 Å². The van der Waals surface area contributed by atoms with Crippen LogP contribution in [-0.4, -0.2) is 75.1 Å². The molecule has 4 heterocycles. The van der Waals surface area contributed by atoms with Gasteiger partial charge in [0.05, 0.1) is 39.0 Å². The molecule has 12 nitrogen and oxygen atoms in total. The summed E-state index contributed by atoms with van der Waals surface area (Å²) in [5, 5.41) is 19.7. The number of pyridine rings is 1. The summed E-state index contributed by atoms with van der Waals surface area (Å²) in [7, 11) is -3.95. The number of halogens is 2. The molecule has 1 fully saturated rings. The number of rotatable bonds is 6. The van der Waals surface area contributed by atoms with Crippen molar-refractivity contribution in [1.29, 1.82) is 5.26 Å². The maximum atomic E-state index is 13.5. The summed E-state index contributed by atoms with van der Waals surface area (Å²) in [4.78, 5) is 50.2. The number of nitrogens with zero attached hydrogens (tertiary/aromatic N) is 6. The molecule has 41 heavy (non-hydrogen) atoms. The Morgan fingerprint density at radius 1 is 1.15 bits per heavy atom. The lowest BCUT2D eigenvalue weighted by molar-refractivity contribution is 0.0689. The van der Waals surface area contributed by atoms with E-state index in [4.69, 9.17) is 28.5 Å². The number of fused-ring (bicyclic) bond motifs is 1. The van der Waals surface area contributed by atoms with E-state index in [0.29, 0.717) is 19.4 Å².